The summed E-state index contributed by atoms with van der Waals surface area (Å²) in [7, 11) is 0. The summed E-state index contributed by atoms with van der Waals surface area (Å²) < 4.78 is 9.64. The first-order valence-corrected chi connectivity index (χ1v) is 14.6. The number of aromatic nitrogens is 1. The largest absolute Gasteiger partial charge is 0.457 e. The molecular weight excluding hydrogens is 564 g/mol. The van der Waals surface area contributed by atoms with Gasteiger partial charge in [-0.15, -0.1) is 11.3 Å². The Morgan fingerprint density at radius 2 is 1.95 bits per heavy atom. The van der Waals surface area contributed by atoms with Crippen molar-refractivity contribution in [1.29, 1.82) is 0 Å². The predicted molar refractivity (Wildman–Crippen MR) is 154 cm³/mol. The number of furan rings is 1. The van der Waals surface area contributed by atoms with Crippen molar-refractivity contribution in [2.45, 2.75) is 25.8 Å². The van der Waals surface area contributed by atoms with Gasteiger partial charge >= 0.3 is 0 Å². The minimum atomic E-state index is -0.127. The average molecular weight is 586 g/mol. The molecule has 4 nitrogen and oxygen atoms in total. The molecule has 0 bridgehead atoms. The van der Waals surface area contributed by atoms with Crippen LogP contribution in [0.3, 0.4) is 0 Å². The molecule has 4 heterocycles. The monoisotopic (exact) mass is 584 g/mol. The Labute approximate surface area is 229 Å². The number of fused-ring (bicyclic) bond motifs is 3. The number of nitrogens with zero attached hydrogens (tertiary/aromatic N) is 2. The van der Waals surface area contributed by atoms with E-state index in [9.17, 15) is 4.79 Å². The zero-order valence-electron chi connectivity index (χ0n) is 19.9. The number of hydrogen-bond acceptors (Lipinski definition) is 5. The highest BCUT2D eigenvalue weighted by Gasteiger charge is 2.33. The van der Waals surface area contributed by atoms with Gasteiger partial charge in [-0.3, -0.25) is 9.36 Å². The standard InChI is InChI=1S/C30H21BrN2O2S2/c1-17-8-11-21(23(31)15-17)24-13-10-19(35-24)16-26-29(34)33-28(25-7-4-14-36-25)22-12-9-18-5-2-3-6-20(18)27(22)32-30(33)37-26/h2-8,10-11,13-16,28H,9,12H2,1H3/b26-16+/t28-/m1/s1. The van der Waals surface area contributed by atoms with Crippen molar-refractivity contribution in [2.24, 2.45) is 4.99 Å². The molecule has 0 unspecified atom stereocenters. The average Bonchev–Trinajstić information content (AvgIpc) is 3.65. The highest BCUT2D eigenvalue weighted by Crippen LogP contribution is 2.42. The van der Waals surface area contributed by atoms with Crippen molar-refractivity contribution >= 4 is 50.4 Å². The van der Waals surface area contributed by atoms with Crippen molar-refractivity contribution in [3.8, 4) is 11.3 Å². The molecule has 1 aliphatic carbocycles. The van der Waals surface area contributed by atoms with Gasteiger partial charge in [-0.1, -0.05) is 63.7 Å². The zero-order chi connectivity index (χ0) is 25.1. The van der Waals surface area contributed by atoms with Crippen LogP contribution in [-0.2, 0) is 6.42 Å². The SMILES string of the molecule is Cc1ccc(-c2ccc(/C=c3/sc4n(c3=O)[C@@H](c3cccs3)C3=C(N=4)c4ccccc4CC3)o2)c(Br)c1. The number of allylic oxidation sites excluding steroid dienone is 1. The molecule has 0 N–H and O–H groups in total. The first kappa shape index (κ1) is 22.9. The molecule has 7 heteroatoms. The molecule has 5 aromatic rings. The molecule has 1 atom stereocenters. The molecule has 0 spiro atoms. The summed E-state index contributed by atoms with van der Waals surface area (Å²) in [5.41, 5.74) is 6.88. The number of rotatable bonds is 3. The zero-order valence-corrected chi connectivity index (χ0v) is 23.1. The highest BCUT2D eigenvalue weighted by molar-refractivity contribution is 9.10. The molecule has 0 amide bonds. The van der Waals surface area contributed by atoms with Crippen LogP contribution < -0.4 is 14.9 Å². The van der Waals surface area contributed by atoms with Crippen LogP contribution >= 0.6 is 38.6 Å². The topological polar surface area (TPSA) is 47.5 Å². The van der Waals surface area contributed by atoms with Gasteiger partial charge < -0.3 is 4.42 Å². The Balaban J connectivity index is 1.38. The summed E-state index contributed by atoms with van der Waals surface area (Å²) in [6.45, 7) is 2.06. The van der Waals surface area contributed by atoms with Gasteiger partial charge in [-0.05, 0) is 72.2 Å². The number of thiophene rings is 1. The number of halogens is 1. The minimum Gasteiger partial charge on any atom is -0.457 e. The van der Waals surface area contributed by atoms with Crippen LogP contribution in [0.5, 0.6) is 0 Å². The molecule has 0 saturated carbocycles. The number of thiazole rings is 1. The predicted octanol–water partition coefficient (Wildman–Crippen LogP) is 6.71. The second-order valence-electron chi connectivity index (χ2n) is 9.31. The van der Waals surface area contributed by atoms with E-state index in [1.807, 2.05) is 28.8 Å². The van der Waals surface area contributed by atoms with Crippen molar-refractivity contribution in [2.75, 3.05) is 0 Å². The van der Waals surface area contributed by atoms with Crippen LogP contribution in [0.25, 0.3) is 23.1 Å². The summed E-state index contributed by atoms with van der Waals surface area (Å²) in [4.78, 5) is 20.8. The quantitative estimate of drug-likeness (QED) is 0.236. The van der Waals surface area contributed by atoms with E-state index in [1.54, 1.807) is 11.3 Å². The van der Waals surface area contributed by atoms with Crippen LogP contribution in [0.2, 0.25) is 0 Å². The molecule has 37 heavy (non-hydrogen) atoms. The van der Waals surface area contributed by atoms with Gasteiger partial charge in [0, 0.05) is 26.6 Å². The van der Waals surface area contributed by atoms with Gasteiger partial charge in [0.2, 0.25) is 0 Å². The van der Waals surface area contributed by atoms with E-state index in [-0.39, 0.29) is 11.6 Å². The third-order valence-electron chi connectivity index (χ3n) is 6.98. The highest BCUT2D eigenvalue weighted by atomic mass is 79.9. The molecular formula is C30H21BrN2O2S2. The van der Waals surface area contributed by atoms with E-state index in [0.717, 1.165) is 39.1 Å². The van der Waals surface area contributed by atoms with Crippen LogP contribution in [0.15, 0.2) is 96.4 Å². The van der Waals surface area contributed by atoms with Crippen molar-refractivity contribution in [3.63, 3.8) is 0 Å². The Morgan fingerprint density at radius 1 is 1.05 bits per heavy atom. The molecule has 2 aromatic carbocycles. The van der Waals surface area contributed by atoms with E-state index in [4.69, 9.17) is 9.41 Å². The summed E-state index contributed by atoms with van der Waals surface area (Å²) in [5.74, 6) is 1.41. The fourth-order valence-electron chi connectivity index (χ4n) is 5.24. The summed E-state index contributed by atoms with van der Waals surface area (Å²) in [5, 5.41) is 2.08. The summed E-state index contributed by atoms with van der Waals surface area (Å²) in [6, 6.07) is 22.6. The Kier molecular flexibility index (Phi) is 5.53. The minimum absolute atomic E-state index is 0.0259. The third-order valence-corrected chi connectivity index (χ3v) is 9.54. The number of benzene rings is 2. The van der Waals surface area contributed by atoms with Crippen molar-refractivity contribution < 1.29 is 4.42 Å². The van der Waals surface area contributed by atoms with Crippen LogP contribution in [-0.4, -0.2) is 4.57 Å². The van der Waals surface area contributed by atoms with E-state index in [2.05, 4.69) is 76.8 Å². The first-order valence-electron chi connectivity index (χ1n) is 12.1. The van der Waals surface area contributed by atoms with Gasteiger partial charge in [0.1, 0.15) is 11.5 Å². The van der Waals surface area contributed by atoms with Gasteiger partial charge in [0.25, 0.3) is 5.56 Å². The van der Waals surface area contributed by atoms with Crippen LogP contribution in [0.4, 0.5) is 0 Å². The molecule has 7 rings (SSSR count). The normalized spacial score (nSPS) is 16.8. The first-order chi connectivity index (χ1) is 18.1. The summed E-state index contributed by atoms with van der Waals surface area (Å²) >= 11 is 6.76. The van der Waals surface area contributed by atoms with Gasteiger partial charge in [-0.25, -0.2) is 4.99 Å². The van der Waals surface area contributed by atoms with Crippen molar-refractivity contribution in [1.82, 2.24) is 4.57 Å². The third kappa shape index (κ3) is 3.84. The number of hydrogen-bond donors (Lipinski definition) is 0. The fraction of sp³-hybridized carbons (Fsp3) is 0.133. The second-order valence-corrected chi connectivity index (χ2v) is 12.2. The molecule has 1 aliphatic heterocycles. The summed E-state index contributed by atoms with van der Waals surface area (Å²) in [6.07, 6.45) is 3.70. The maximum Gasteiger partial charge on any atom is 0.271 e. The van der Waals surface area contributed by atoms with Crippen LogP contribution in [0.1, 0.15) is 39.8 Å². The van der Waals surface area contributed by atoms with Gasteiger partial charge in [0.15, 0.2) is 4.80 Å². The second kappa shape index (κ2) is 8.94. The van der Waals surface area contributed by atoms with Gasteiger partial charge in [0.05, 0.1) is 16.3 Å². The molecule has 2 aliphatic rings. The fourth-order valence-corrected chi connectivity index (χ4v) is 7.76. The van der Waals surface area contributed by atoms with Gasteiger partial charge in [-0.2, -0.15) is 0 Å². The molecule has 0 radical (unpaired) electrons. The van der Waals surface area contributed by atoms with E-state index in [0.29, 0.717) is 10.3 Å². The lowest BCUT2D eigenvalue weighted by Crippen LogP contribution is -2.38. The molecule has 0 fully saturated rings. The van der Waals surface area contributed by atoms with E-state index >= 15 is 0 Å². The smallest absolute Gasteiger partial charge is 0.271 e. The van der Waals surface area contributed by atoms with E-state index in [1.165, 1.54) is 38.5 Å². The molecule has 182 valence electrons. The lowest BCUT2D eigenvalue weighted by atomic mass is 9.85. The Bertz CT molecular complexity index is 1890. The Morgan fingerprint density at radius 3 is 2.78 bits per heavy atom. The number of aryl methyl sites for hydroxylation is 2. The maximum absolute atomic E-state index is 13.8. The molecule has 3 aromatic heterocycles. The lowest BCUT2D eigenvalue weighted by Gasteiger charge is -2.30. The van der Waals surface area contributed by atoms with Crippen LogP contribution in [0, 0.1) is 6.92 Å². The molecule has 0 saturated heterocycles. The maximum atomic E-state index is 13.8. The Hall–Kier alpha value is -3.26. The lowest BCUT2D eigenvalue weighted by molar-refractivity contribution is 0.570. The van der Waals surface area contributed by atoms with E-state index < -0.39 is 0 Å². The van der Waals surface area contributed by atoms with Crippen molar-refractivity contribution in [3.05, 3.63) is 129 Å².